The molecule has 1 aromatic heterocycles. The van der Waals surface area contributed by atoms with Gasteiger partial charge in [0, 0.05) is 44.4 Å². The summed E-state index contributed by atoms with van der Waals surface area (Å²) in [6.45, 7) is 4.61. The SMILES string of the molecule is CC(=O)N1CCN(C(=O)[C@@H](C)S(=O)(=O)Cc2csc(C3CCCCC3)n2)CC1. The second kappa shape index (κ2) is 8.90. The first kappa shape index (κ1) is 21.2. The third-order valence-electron chi connectivity index (χ3n) is 5.80. The molecule has 0 bridgehead atoms. The zero-order valence-corrected chi connectivity index (χ0v) is 18.2. The van der Waals surface area contributed by atoms with Crippen LogP contribution in [0.1, 0.15) is 62.6 Å². The lowest BCUT2D eigenvalue weighted by atomic mass is 9.90. The van der Waals surface area contributed by atoms with Crippen molar-refractivity contribution in [1.29, 1.82) is 0 Å². The van der Waals surface area contributed by atoms with Crippen molar-refractivity contribution < 1.29 is 18.0 Å². The number of thiazole rings is 1. The molecule has 1 atom stereocenters. The first-order valence-electron chi connectivity index (χ1n) is 9.98. The molecule has 1 saturated carbocycles. The zero-order valence-electron chi connectivity index (χ0n) is 16.6. The van der Waals surface area contributed by atoms with Gasteiger partial charge in [0.05, 0.1) is 16.5 Å². The van der Waals surface area contributed by atoms with Gasteiger partial charge in [-0.05, 0) is 19.8 Å². The fraction of sp³-hybridized carbons (Fsp3) is 0.737. The van der Waals surface area contributed by atoms with Gasteiger partial charge in [-0.25, -0.2) is 13.4 Å². The summed E-state index contributed by atoms with van der Waals surface area (Å²) in [5.41, 5.74) is 0.548. The minimum Gasteiger partial charge on any atom is -0.339 e. The molecule has 2 amide bonds. The maximum Gasteiger partial charge on any atom is 0.240 e. The molecule has 0 unspecified atom stereocenters. The lowest BCUT2D eigenvalue weighted by Crippen LogP contribution is -2.53. The lowest BCUT2D eigenvalue weighted by molar-refractivity contribution is -0.137. The Morgan fingerprint density at radius 1 is 1.14 bits per heavy atom. The Morgan fingerprint density at radius 3 is 2.36 bits per heavy atom. The normalized spacial score (nSPS) is 20.2. The monoisotopic (exact) mass is 427 g/mol. The molecule has 1 saturated heterocycles. The number of hydrogen-bond donors (Lipinski definition) is 0. The van der Waals surface area contributed by atoms with Crippen molar-refractivity contribution in [2.75, 3.05) is 26.2 Å². The van der Waals surface area contributed by atoms with Crippen LogP contribution in [0.25, 0.3) is 0 Å². The number of hydrogen-bond acceptors (Lipinski definition) is 6. The topological polar surface area (TPSA) is 87.7 Å². The Hall–Kier alpha value is -1.48. The minimum atomic E-state index is -3.64. The Labute approximate surface area is 171 Å². The molecule has 0 radical (unpaired) electrons. The average Bonchev–Trinajstić information content (AvgIpc) is 3.15. The summed E-state index contributed by atoms with van der Waals surface area (Å²) < 4.78 is 25.6. The van der Waals surface area contributed by atoms with Gasteiger partial charge in [0.15, 0.2) is 9.84 Å². The summed E-state index contributed by atoms with van der Waals surface area (Å²) in [6.07, 6.45) is 5.94. The van der Waals surface area contributed by atoms with Gasteiger partial charge in [-0.1, -0.05) is 19.3 Å². The molecule has 3 rings (SSSR count). The van der Waals surface area contributed by atoms with Gasteiger partial charge in [0.1, 0.15) is 5.25 Å². The van der Waals surface area contributed by atoms with E-state index in [0.29, 0.717) is 37.8 Å². The Balaban J connectivity index is 1.60. The van der Waals surface area contributed by atoms with Crippen LogP contribution in [0.3, 0.4) is 0 Å². The molecule has 0 spiro atoms. The van der Waals surface area contributed by atoms with Crippen LogP contribution >= 0.6 is 11.3 Å². The van der Waals surface area contributed by atoms with E-state index in [9.17, 15) is 18.0 Å². The number of nitrogens with zero attached hydrogens (tertiary/aromatic N) is 3. The van der Waals surface area contributed by atoms with E-state index in [1.807, 2.05) is 5.38 Å². The Kier molecular flexibility index (Phi) is 6.75. The number of aromatic nitrogens is 1. The van der Waals surface area contributed by atoms with Crippen molar-refractivity contribution in [2.45, 2.75) is 62.9 Å². The lowest BCUT2D eigenvalue weighted by Gasteiger charge is -2.35. The van der Waals surface area contributed by atoms with E-state index in [2.05, 4.69) is 4.98 Å². The van der Waals surface area contributed by atoms with Crippen LogP contribution in [-0.4, -0.2) is 66.4 Å². The summed E-state index contributed by atoms with van der Waals surface area (Å²) in [6, 6.07) is 0. The molecule has 156 valence electrons. The number of piperazine rings is 1. The standard InChI is InChI=1S/C19H29N3O4S2/c1-14(19(24)22-10-8-21(9-11-22)15(2)23)28(25,26)13-17-12-27-18(20-17)16-6-4-3-5-7-16/h12,14,16H,3-11,13H2,1-2H3/t14-/m1/s1. The van der Waals surface area contributed by atoms with Crippen molar-refractivity contribution in [3.63, 3.8) is 0 Å². The average molecular weight is 428 g/mol. The third kappa shape index (κ3) is 4.92. The predicted molar refractivity (Wildman–Crippen MR) is 109 cm³/mol. The predicted octanol–water partition coefficient (Wildman–Crippen LogP) is 2.18. The summed E-state index contributed by atoms with van der Waals surface area (Å²) in [7, 11) is -3.64. The molecular formula is C19H29N3O4S2. The number of amides is 2. The van der Waals surface area contributed by atoms with Gasteiger partial charge in [0.25, 0.3) is 0 Å². The number of carbonyl (C=O) groups is 2. The van der Waals surface area contributed by atoms with E-state index in [-0.39, 0.29) is 17.6 Å². The quantitative estimate of drug-likeness (QED) is 0.719. The highest BCUT2D eigenvalue weighted by molar-refractivity contribution is 7.92. The van der Waals surface area contributed by atoms with Crippen LogP contribution in [0.5, 0.6) is 0 Å². The second-order valence-electron chi connectivity index (χ2n) is 7.79. The molecule has 2 fully saturated rings. The molecule has 28 heavy (non-hydrogen) atoms. The Morgan fingerprint density at radius 2 is 1.75 bits per heavy atom. The molecule has 2 aliphatic rings. The molecule has 1 aliphatic heterocycles. The van der Waals surface area contributed by atoms with Crippen molar-refractivity contribution in [3.05, 3.63) is 16.1 Å². The highest BCUT2D eigenvalue weighted by atomic mass is 32.2. The summed E-state index contributed by atoms with van der Waals surface area (Å²) >= 11 is 1.54. The number of carbonyl (C=O) groups excluding carboxylic acids is 2. The van der Waals surface area contributed by atoms with E-state index < -0.39 is 15.1 Å². The van der Waals surface area contributed by atoms with Crippen LogP contribution in [0, 0.1) is 0 Å². The molecule has 7 nitrogen and oxygen atoms in total. The highest BCUT2D eigenvalue weighted by Crippen LogP contribution is 2.34. The van der Waals surface area contributed by atoms with Crippen LogP contribution in [0.2, 0.25) is 0 Å². The smallest absolute Gasteiger partial charge is 0.240 e. The summed E-state index contributed by atoms with van der Waals surface area (Å²) in [5.74, 6) is -0.154. The number of sulfone groups is 1. The molecule has 2 heterocycles. The van der Waals surface area contributed by atoms with E-state index in [1.54, 1.807) is 9.80 Å². The first-order valence-corrected chi connectivity index (χ1v) is 12.6. The molecule has 9 heteroatoms. The molecule has 0 N–H and O–H groups in total. The minimum absolute atomic E-state index is 0.0231. The second-order valence-corrected chi connectivity index (χ2v) is 11.0. The van der Waals surface area contributed by atoms with Gasteiger partial charge in [-0.3, -0.25) is 9.59 Å². The maximum atomic E-state index is 12.8. The van der Waals surface area contributed by atoms with Gasteiger partial charge in [-0.15, -0.1) is 11.3 Å². The van der Waals surface area contributed by atoms with Gasteiger partial charge >= 0.3 is 0 Å². The van der Waals surface area contributed by atoms with Gasteiger partial charge < -0.3 is 9.80 Å². The van der Waals surface area contributed by atoms with E-state index in [0.717, 1.165) is 17.8 Å². The van der Waals surface area contributed by atoms with Crippen molar-refractivity contribution >= 4 is 33.0 Å². The van der Waals surface area contributed by atoms with Gasteiger partial charge in [0.2, 0.25) is 11.8 Å². The maximum absolute atomic E-state index is 12.8. The molecule has 0 aromatic carbocycles. The van der Waals surface area contributed by atoms with Crippen molar-refractivity contribution in [2.24, 2.45) is 0 Å². The largest absolute Gasteiger partial charge is 0.339 e. The number of rotatable bonds is 5. The van der Waals surface area contributed by atoms with E-state index in [1.165, 1.54) is 44.4 Å². The van der Waals surface area contributed by atoms with Crippen molar-refractivity contribution in [1.82, 2.24) is 14.8 Å². The van der Waals surface area contributed by atoms with Crippen LogP contribution in [0.15, 0.2) is 5.38 Å². The van der Waals surface area contributed by atoms with E-state index in [4.69, 9.17) is 0 Å². The highest BCUT2D eigenvalue weighted by Gasteiger charge is 2.34. The summed E-state index contributed by atoms with van der Waals surface area (Å²) in [4.78, 5) is 31.9. The van der Waals surface area contributed by atoms with Crippen molar-refractivity contribution in [3.8, 4) is 0 Å². The van der Waals surface area contributed by atoms with Crippen LogP contribution in [0.4, 0.5) is 0 Å². The fourth-order valence-electron chi connectivity index (χ4n) is 3.91. The van der Waals surface area contributed by atoms with Gasteiger partial charge in [-0.2, -0.15) is 0 Å². The zero-order chi connectivity index (χ0) is 20.3. The molecular weight excluding hydrogens is 398 g/mol. The first-order chi connectivity index (χ1) is 13.3. The molecule has 1 aromatic rings. The van der Waals surface area contributed by atoms with Crippen LogP contribution < -0.4 is 0 Å². The fourth-order valence-corrected chi connectivity index (χ4v) is 6.27. The molecule has 1 aliphatic carbocycles. The Bertz CT molecular complexity index is 807. The third-order valence-corrected chi connectivity index (χ3v) is 8.83. The van der Waals surface area contributed by atoms with E-state index >= 15 is 0 Å². The van der Waals surface area contributed by atoms with Crippen LogP contribution in [-0.2, 0) is 25.2 Å². The summed E-state index contributed by atoms with van der Waals surface area (Å²) in [5, 5.41) is 1.75.